The first-order valence-electron chi connectivity index (χ1n) is 10.2. The van der Waals surface area contributed by atoms with Crippen LogP contribution < -0.4 is 5.32 Å². The van der Waals surface area contributed by atoms with Gasteiger partial charge in [0.2, 0.25) is 10.0 Å². The Morgan fingerprint density at radius 2 is 1.68 bits per heavy atom. The minimum Gasteiger partial charge on any atom is -0.455 e. The van der Waals surface area contributed by atoms with Crippen LogP contribution in [0.15, 0.2) is 64.4 Å². The summed E-state index contributed by atoms with van der Waals surface area (Å²) in [4.78, 5) is 25.1. The molecule has 0 atom stereocenters. The summed E-state index contributed by atoms with van der Waals surface area (Å²) in [5, 5.41) is 2.59. The molecule has 0 radical (unpaired) electrons. The predicted octanol–water partition coefficient (Wildman–Crippen LogP) is 3.53. The van der Waals surface area contributed by atoms with Crippen molar-refractivity contribution in [2.75, 3.05) is 30.8 Å². The van der Waals surface area contributed by atoms with Crippen molar-refractivity contribution in [2.24, 2.45) is 0 Å². The number of carbonyl (C=O) groups excluding carboxylic acids is 2. The Bertz CT molecular complexity index is 988. The predicted molar refractivity (Wildman–Crippen MR) is 120 cm³/mol. The summed E-state index contributed by atoms with van der Waals surface area (Å²) in [6, 6.07) is 15.6. The third kappa shape index (κ3) is 7.09. The number of nitrogens with zero attached hydrogens (tertiary/aromatic N) is 1. The summed E-state index contributed by atoms with van der Waals surface area (Å²) in [6.07, 6.45) is 3.77. The summed E-state index contributed by atoms with van der Waals surface area (Å²) in [5.74, 6) is -0.926. The largest absolute Gasteiger partial charge is 0.455 e. The number of ether oxygens (including phenoxy) is 1. The maximum Gasteiger partial charge on any atom is 0.316 e. The summed E-state index contributed by atoms with van der Waals surface area (Å²) >= 11 is 1.33. The minimum absolute atomic E-state index is 0.0981. The zero-order valence-electron chi connectivity index (χ0n) is 17.2. The van der Waals surface area contributed by atoms with Crippen LogP contribution in [0.4, 0.5) is 5.69 Å². The van der Waals surface area contributed by atoms with Gasteiger partial charge in [0.1, 0.15) is 0 Å². The van der Waals surface area contributed by atoms with Crippen molar-refractivity contribution in [3.05, 3.63) is 54.6 Å². The zero-order valence-corrected chi connectivity index (χ0v) is 18.8. The highest BCUT2D eigenvalue weighted by molar-refractivity contribution is 8.00. The fourth-order valence-electron chi connectivity index (χ4n) is 3.21. The number of nitrogens with one attached hydrogen (secondary N) is 1. The van der Waals surface area contributed by atoms with E-state index in [9.17, 15) is 18.0 Å². The van der Waals surface area contributed by atoms with Crippen LogP contribution in [-0.4, -0.2) is 50.0 Å². The van der Waals surface area contributed by atoms with Gasteiger partial charge < -0.3 is 10.1 Å². The molecule has 1 amide bonds. The molecule has 0 unspecified atom stereocenters. The van der Waals surface area contributed by atoms with Crippen LogP contribution in [-0.2, 0) is 24.3 Å². The lowest BCUT2D eigenvalue weighted by molar-refractivity contribution is -0.144. The first-order chi connectivity index (χ1) is 14.9. The van der Waals surface area contributed by atoms with Gasteiger partial charge in [0.25, 0.3) is 5.91 Å². The molecule has 9 heteroatoms. The molecule has 3 rings (SSSR count). The number of anilines is 1. The summed E-state index contributed by atoms with van der Waals surface area (Å²) in [5.41, 5.74) is 0.343. The molecule has 1 heterocycles. The van der Waals surface area contributed by atoms with Gasteiger partial charge in [0.15, 0.2) is 6.61 Å². The van der Waals surface area contributed by atoms with Gasteiger partial charge in [-0.2, -0.15) is 4.31 Å². The zero-order chi connectivity index (χ0) is 22.1. The highest BCUT2D eigenvalue weighted by Crippen LogP contribution is 2.23. The van der Waals surface area contributed by atoms with E-state index in [2.05, 4.69) is 5.32 Å². The van der Waals surface area contributed by atoms with Crippen LogP contribution in [0, 0.1) is 0 Å². The number of thioether (sulfide) groups is 1. The Morgan fingerprint density at radius 1 is 0.968 bits per heavy atom. The highest BCUT2D eigenvalue weighted by Gasteiger charge is 2.25. The number of esters is 1. The van der Waals surface area contributed by atoms with Gasteiger partial charge >= 0.3 is 5.97 Å². The van der Waals surface area contributed by atoms with Crippen molar-refractivity contribution in [3.8, 4) is 0 Å². The molecule has 1 aliphatic heterocycles. The van der Waals surface area contributed by atoms with Crippen molar-refractivity contribution in [1.29, 1.82) is 0 Å². The first kappa shape index (κ1) is 23.3. The van der Waals surface area contributed by atoms with E-state index in [0.29, 0.717) is 18.8 Å². The molecule has 7 nitrogen and oxygen atoms in total. The van der Waals surface area contributed by atoms with Crippen LogP contribution in [0.25, 0.3) is 0 Å². The molecule has 1 aliphatic rings. The molecule has 2 aromatic rings. The molecular formula is C22H26N2O5S2. The maximum atomic E-state index is 12.9. The smallest absolute Gasteiger partial charge is 0.316 e. The number of sulfonamides is 1. The molecular weight excluding hydrogens is 436 g/mol. The molecule has 0 aliphatic carbocycles. The molecule has 1 N–H and O–H groups in total. The normalized spacial score (nSPS) is 15.1. The first-order valence-corrected chi connectivity index (χ1v) is 12.6. The lowest BCUT2D eigenvalue weighted by Gasteiger charge is -2.20. The molecule has 0 aromatic heterocycles. The number of benzene rings is 2. The van der Waals surface area contributed by atoms with E-state index in [1.165, 1.54) is 28.2 Å². The Labute approximate surface area is 187 Å². The van der Waals surface area contributed by atoms with Gasteiger partial charge in [0.05, 0.1) is 10.6 Å². The van der Waals surface area contributed by atoms with E-state index < -0.39 is 28.5 Å². The molecule has 0 saturated carbocycles. The maximum absolute atomic E-state index is 12.9. The van der Waals surface area contributed by atoms with Gasteiger partial charge in [-0.15, -0.1) is 11.8 Å². The Hall–Kier alpha value is -2.36. The fraction of sp³-hybridized carbons (Fsp3) is 0.364. The van der Waals surface area contributed by atoms with Crippen molar-refractivity contribution < 1.29 is 22.7 Å². The fourth-order valence-corrected chi connectivity index (χ4v) is 5.49. The monoisotopic (exact) mass is 462 g/mol. The van der Waals surface area contributed by atoms with Crippen molar-refractivity contribution in [2.45, 2.75) is 35.5 Å². The second kappa shape index (κ2) is 11.3. The third-order valence-corrected chi connectivity index (χ3v) is 7.66. The van der Waals surface area contributed by atoms with E-state index in [0.717, 1.165) is 30.6 Å². The van der Waals surface area contributed by atoms with E-state index in [-0.39, 0.29) is 10.6 Å². The summed E-state index contributed by atoms with van der Waals surface area (Å²) in [7, 11) is -3.61. The van der Waals surface area contributed by atoms with Crippen molar-refractivity contribution in [3.63, 3.8) is 0 Å². The van der Waals surface area contributed by atoms with Crippen molar-refractivity contribution in [1.82, 2.24) is 4.31 Å². The molecule has 0 spiro atoms. The Morgan fingerprint density at radius 3 is 2.39 bits per heavy atom. The lowest BCUT2D eigenvalue weighted by Crippen LogP contribution is -2.32. The number of amides is 1. The number of rotatable bonds is 8. The molecule has 166 valence electrons. The number of carbonyl (C=O) groups is 2. The summed E-state index contributed by atoms with van der Waals surface area (Å²) in [6.45, 7) is 0.586. The van der Waals surface area contributed by atoms with Crippen LogP contribution in [0.3, 0.4) is 0 Å². The molecule has 31 heavy (non-hydrogen) atoms. The van der Waals surface area contributed by atoms with Crippen molar-refractivity contribution >= 4 is 39.3 Å². The molecule has 2 aromatic carbocycles. The van der Waals surface area contributed by atoms with Crippen LogP contribution in [0.5, 0.6) is 0 Å². The van der Waals surface area contributed by atoms with Gasteiger partial charge in [-0.3, -0.25) is 9.59 Å². The van der Waals surface area contributed by atoms with E-state index in [1.54, 1.807) is 12.1 Å². The van der Waals surface area contributed by atoms with Gasteiger partial charge in [-0.1, -0.05) is 37.1 Å². The topological polar surface area (TPSA) is 92.8 Å². The van der Waals surface area contributed by atoms with Crippen LogP contribution in [0.1, 0.15) is 25.7 Å². The highest BCUT2D eigenvalue weighted by atomic mass is 32.2. The quantitative estimate of drug-likeness (QED) is 0.477. The molecule has 0 bridgehead atoms. The minimum atomic E-state index is -3.61. The van der Waals surface area contributed by atoms with Crippen LogP contribution in [0.2, 0.25) is 0 Å². The Balaban J connectivity index is 1.51. The second-order valence-electron chi connectivity index (χ2n) is 7.16. The average molecular weight is 463 g/mol. The van der Waals surface area contributed by atoms with E-state index in [1.807, 2.05) is 30.3 Å². The van der Waals surface area contributed by atoms with E-state index in [4.69, 9.17) is 4.74 Å². The van der Waals surface area contributed by atoms with Crippen LogP contribution >= 0.6 is 11.8 Å². The van der Waals surface area contributed by atoms with Gasteiger partial charge in [-0.25, -0.2) is 8.42 Å². The van der Waals surface area contributed by atoms with Gasteiger partial charge in [-0.05, 0) is 43.2 Å². The van der Waals surface area contributed by atoms with E-state index >= 15 is 0 Å². The third-order valence-electron chi connectivity index (χ3n) is 4.78. The Kier molecular flexibility index (Phi) is 8.51. The standard InChI is InChI=1S/C22H26N2O5S2/c25-21(16-29-22(26)17-30-19-10-4-3-5-11-19)23-18-9-8-12-20(15-18)31(27,28)24-13-6-1-2-7-14-24/h3-5,8-12,15H,1-2,6-7,13-14,16-17H2,(H,23,25). The molecule has 1 saturated heterocycles. The number of hydrogen-bond donors (Lipinski definition) is 1. The summed E-state index contributed by atoms with van der Waals surface area (Å²) < 4.78 is 32.4. The average Bonchev–Trinajstić information content (AvgIpc) is 3.07. The SMILES string of the molecule is O=C(COC(=O)CSc1ccccc1)Nc1cccc(S(=O)(=O)N2CCCCCC2)c1. The second-order valence-corrected chi connectivity index (χ2v) is 10.1. The lowest BCUT2D eigenvalue weighted by atomic mass is 10.2. The van der Waals surface area contributed by atoms with Gasteiger partial charge in [0, 0.05) is 23.7 Å². The number of hydrogen-bond acceptors (Lipinski definition) is 6. The molecule has 1 fully saturated rings.